The van der Waals surface area contributed by atoms with Crippen molar-refractivity contribution in [3.63, 3.8) is 0 Å². The fraction of sp³-hybridized carbons (Fsp3) is 0.316. The van der Waals surface area contributed by atoms with Gasteiger partial charge in [0.25, 0.3) is 5.56 Å². The van der Waals surface area contributed by atoms with Gasteiger partial charge >= 0.3 is 0 Å². The van der Waals surface area contributed by atoms with Gasteiger partial charge in [-0.05, 0) is 55.5 Å². The molecule has 1 aliphatic carbocycles. The molecule has 0 atom stereocenters. The Morgan fingerprint density at radius 3 is 2.77 bits per heavy atom. The molecule has 0 bridgehead atoms. The second-order valence-electron chi connectivity index (χ2n) is 6.48. The number of anilines is 1. The zero-order chi connectivity index (χ0) is 18.1. The fourth-order valence-electron chi connectivity index (χ4n) is 3.36. The highest BCUT2D eigenvalue weighted by molar-refractivity contribution is 7.18. The summed E-state index contributed by atoms with van der Waals surface area (Å²) in [6, 6.07) is 6.86. The molecular weight excluding hydrogens is 370 g/mol. The van der Waals surface area contributed by atoms with E-state index in [0.717, 1.165) is 36.1 Å². The lowest BCUT2D eigenvalue weighted by Crippen LogP contribution is -2.28. The molecule has 1 aromatic carbocycles. The average molecular weight is 388 g/mol. The Hall–Kier alpha value is -2.18. The number of thiophene rings is 1. The van der Waals surface area contributed by atoms with Crippen LogP contribution in [-0.4, -0.2) is 15.5 Å². The number of carbonyl (C=O) groups is 1. The number of hydrogen-bond acceptors (Lipinski definition) is 4. The maximum Gasteiger partial charge on any atom is 0.262 e. The maximum atomic E-state index is 12.9. The lowest BCUT2D eigenvalue weighted by molar-refractivity contribution is -0.116. The number of nitrogens with one attached hydrogen (secondary N) is 1. The lowest BCUT2D eigenvalue weighted by atomic mass is 10.1. The monoisotopic (exact) mass is 387 g/mol. The van der Waals surface area contributed by atoms with Crippen molar-refractivity contribution < 1.29 is 4.79 Å². The van der Waals surface area contributed by atoms with E-state index in [4.69, 9.17) is 11.6 Å². The highest BCUT2D eigenvalue weighted by Crippen LogP contribution is 2.32. The number of aryl methyl sites for hydroxylation is 2. The quantitative estimate of drug-likeness (QED) is 0.690. The normalized spacial score (nSPS) is 14.0. The van der Waals surface area contributed by atoms with Crippen LogP contribution in [0.25, 0.3) is 10.2 Å². The van der Waals surface area contributed by atoms with E-state index in [1.807, 2.05) is 0 Å². The van der Waals surface area contributed by atoms with Crippen LogP contribution in [0, 0.1) is 0 Å². The van der Waals surface area contributed by atoms with Gasteiger partial charge in [0.05, 0.1) is 11.7 Å². The predicted molar refractivity (Wildman–Crippen MR) is 105 cm³/mol. The van der Waals surface area contributed by atoms with Crippen LogP contribution >= 0.6 is 22.9 Å². The highest BCUT2D eigenvalue weighted by atomic mass is 35.5. The van der Waals surface area contributed by atoms with Crippen molar-refractivity contribution in [2.45, 2.75) is 38.6 Å². The molecular formula is C19H18ClN3O2S. The third-order valence-corrected chi connectivity index (χ3v) is 6.09. The van der Waals surface area contributed by atoms with Crippen LogP contribution in [-0.2, 0) is 24.2 Å². The Kier molecular flexibility index (Phi) is 4.78. The van der Waals surface area contributed by atoms with Gasteiger partial charge in [-0.15, -0.1) is 11.3 Å². The second kappa shape index (κ2) is 7.21. The zero-order valence-electron chi connectivity index (χ0n) is 14.1. The molecule has 0 saturated carbocycles. The van der Waals surface area contributed by atoms with E-state index in [9.17, 15) is 9.59 Å². The van der Waals surface area contributed by atoms with E-state index < -0.39 is 0 Å². The Balaban J connectivity index is 1.61. The van der Waals surface area contributed by atoms with Crippen molar-refractivity contribution in [3.8, 4) is 0 Å². The highest BCUT2D eigenvalue weighted by Gasteiger charge is 2.19. The molecule has 0 radical (unpaired) electrons. The number of fused-ring (bicyclic) bond motifs is 3. The summed E-state index contributed by atoms with van der Waals surface area (Å²) >= 11 is 7.47. The van der Waals surface area contributed by atoms with Gasteiger partial charge in [-0.3, -0.25) is 14.2 Å². The topological polar surface area (TPSA) is 64.0 Å². The van der Waals surface area contributed by atoms with E-state index in [2.05, 4.69) is 10.3 Å². The molecule has 4 rings (SSSR count). The molecule has 2 heterocycles. The van der Waals surface area contributed by atoms with Crippen LogP contribution < -0.4 is 10.9 Å². The van der Waals surface area contributed by atoms with Gasteiger partial charge in [-0.2, -0.15) is 0 Å². The van der Waals surface area contributed by atoms with Crippen LogP contribution in [0.5, 0.6) is 0 Å². The molecule has 7 heteroatoms. The fourth-order valence-corrected chi connectivity index (χ4v) is 4.70. The third-order valence-electron chi connectivity index (χ3n) is 4.63. The van der Waals surface area contributed by atoms with Gasteiger partial charge in [-0.1, -0.05) is 18.0 Å². The largest absolute Gasteiger partial charge is 0.325 e. The first kappa shape index (κ1) is 17.2. The second-order valence-corrected chi connectivity index (χ2v) is 8.00. The molecule has 0 unspecified atom stereocenters. The Labute approximate surface area is 159 Å². The van der Waals surface area contributed by atoms with Crippen LogP contribution in [0.15, 0.2) is 35.4 Å². The molecule has 134 valence electrons. The molecule has 0 spiro atoms. The average Bonchev–Trinajstić information content (AvgIpc) is 2.82. The van der Waals surface area contributed by atoms with Gasteiger partial charge in [0.15, 0.2) is 0 Å². The van der Waals surface area contributed by atoms with Crippen LogP contribution in [0.1, 0.15) is 29.7 Å². The molecule has 2 aromatic heterocycles. The van der Waals surface area contributed by atoms with E-state index in [0.29, 0.717) is 16.1 Å². The van der Waals surface area contributed by atoms with Crippen molar-refractivity contribution in [3.05, 3.63) is 56.4 Å². The van der Waals surface area contributed by atoms with Gasteiger partial charge in [0.1, 0.15) is 11.4 Å². The number of nitrogens with zero attached hydrogens (tertiary/aromatic N) is 2. The SMILES string of the molecule is O=C(Cn1cnc2sc3c(c2c1=O)CCCCC3)Nc1ccc(Cl)cc1. The summed E-state index contributed by atoms with van der Waals surface area (Å²) in [5.74, 6) is -0.267. The number of halogens is 1. The van der Waals surface area contributed by atoms with Gasteiger partial charge in [-0.25, -0.2) is 4.98 Å². The van der Waals surface area contributed by atoms with Crippen molar-refractivity contribution in [1.82, 2.24) is 9.55 Å². The van der Waals surface area contributed by atoms with Crippen molar-refractivity contribution in [2.75, 3.05) is 5.32 Å². The molecule has 1 N–H and O–H groups in total. The van der Waals surface area contributed by atoms with E-state index in [1.54, 1.807) is 35.6 Å². The van der Waals surface area contributed by atoms with Crippen molar-refractivity contribution in [2.24, 2.45) is 0 Å². The minimum absolute atomic E-state index is 0.0605. The Morgan fingerprint density at radius 2 is 1.96 bits per heavy atom. The standard InChI is InChI=1S/C19H18ClN3O2S/c20-12-6-8-13(9-7-12)22-16(24)10-23-11-21-18-17(19(23)25)14-4-2-1-3-5-15(14)26-18/h6-9,11H,1-5,10H2,(H,22,24). The van der Waals surface area contributed by atoms with Gasteiger partial charge in [0.2, 0.25) is 5.91 Å². The van der Waals surface area contributed by atoms with Gasteiger partial charge in [0, 0.05) is 15.6 Å². The summed E-state index contributed by atoms with van der Waals surface area (Å²) in [6.07, 6.45) is 6.88. The van der Waals surface area contributed by atoms with Crippen molar-refractivity contribution in [1.29, 1.82) is 0 Å². The number of amides is 1. The van der Waals surface area contributed by atoms with Crippen LogP contribution in [0.3, 0.4) is 0 Å². The Bertz CT molecular complexity index is 1020. The minimum atomic E-state index is -0.267. The molecule has 0 fully saturated rings. The number of rotatable bonds is 3. The predicted octanol–water partition coefficient (Wildman–Crippen LogP) is 4.02. The molecule has 1 aliphatic rings. The molecule has 0 saturated heterocycles. The molecule has 5 nitrogen and oxygen atoms in total. The molecule has 1 amide bonds. The summed E-state index contributed by atoms with van der Waals surface area (Å²) in [5.41, 5.74) is 1.67. The number of hydrogen-bond donors (Lipinski definition) is 1. The molecule has 0 aliphatic heterocycles. The maximum absolute atomic E-state index is 12.9. The summed E-state index contributed by atoms with van der Waals surface area (Å²) in [5, 5.41) is 4.08. The van der Waals surface area contributed by atoms with Crippen LogP contribution in [0.2, 0.25) is 5.02 Å². The zero-order valence-corrected chi connectivity index (χ0v) is 15.7. The first-order chi connectivity index (χ1) is 12.6. The smallest absolute Gasteiger partial charge is 0.262 e. The first-order valence-electron chi connectivity index (χ1n) is 8.67. The number of carbonyl (C=O) groups excluding carboxylic acids is 1. The van der Waals surface area contributed by atoms with Crippen molar-refractivity contribution >= 4 is 44.7 Å². The summed E-state index contributed by atoms with van der Waals surface area (Å²) < 4.78 is 1.39. The molecule has 3 aromatic rings. The molecule has 26 heavy (non-hydrogen) atoms. The van der Waals surface area contributed by atoms with E-state index in [-0.39, 0.29) is 18.0 Å². The van der Waals surface area contributed by atoms with Gasteiger partial charge < -0.3 is 5.32 Å². The number of aromatic nitrogens is 2. The summed E-state index contributed by atoms with van der Waals surface area (Å²) in [6.45, 7) is -0.0605. The summed E-state index contributed by atoms with van der Waals surface area (Å²) in [4.78, 5) is 31.8. The van der Waals surface area contributed by atoms with E-state index >= 15 is 0 Å². The summed E-state index contributed by atoms with van der Waals surface area (Å²) in [7, 11) is 0. The van der Waals surface area contributed by atoms with E-state index in [1.165, 1.54) is 22.2 Å². The van der Waals surface area contributed by atoms with Crippen LogP contribution in [0.4, 0.5) is 5.69 Å². The third kappa shape index (κ3) is 3.39. The lowest BCUT2D eigenvalue weighted by Gasteiger charge is -2.08. The minimum Gasteiger partial charge on any atom is -0.325 e. The number of benzene rings is 1. The first-order valence-corrected chi connectivity index (χ1v) is 9.86. The Morgan fingerprint density at radius 1 is 1.19 bits per heavy atom.